The Morgan fingerprint density at radius 2 is 2.20 bits per heavy atom. The van der Waals surface area contributed by atoms with Crippen LogP contribution in [0.5, 0.6) is 0 Å². The molecule has 0 fully saturated rings. The number of aromatic nitrogens is 2. The zero-order valence-corrected chi connectivity index (χ0v) is 15.3. The molecule has 1 aliphatic rings. The normalized spacial score (nSPS) is 15.2. The molecular weight excluding hydrogens is 334 g/mol. The van der Waals surface area contributed by atoms with Gasteiger partial charge in [-0.2, -0.15) is 0 Å². The Hall–Kier alpha value is -1.89. The smallest absolute Gasteiger partial charge is 0.129 e. The van der Waals surface area contributed by atoms with Crippen LogP contribution < -0.4 is 0 Å². The van der Waals surface area contributed by atoms with Gasteiger partial charge in [0.25, 0.3) is 0 Å². The molecule has 0 bridgehead atoms. The predicted octanol–water partition coefficient (Wildman–Crippen LogP) is 3.97. The quantitative estimate of drug-likeness (QED) is 0.669. The lowest BCUT2D eigenvalue weighted by molar-refractivity contribution is 0.0897. The molecule has 4 heterocycles. The number of imidazole rings is 1. The van der Waals surface area contributed by atoms with Gasteiger partial charge >= 0.3 is 0 Å². The fraction of sp³-hybridized carbons (Fsp3) is 0.421. The van der Waals surface area contributed by atoms with Crippen LogP contribution in [-0.4, -0.2) is 21.0 Å². The van der Waals surface area contributed by atoms with Crippen molar-refractivity contribution in [1.29, 1.82) is 0 Å². The standard InChI is InChI=1S/C19H23N3O2S/c1-15-5-6-17(25-15)10-21-7-3-8-22-14-20-18(19(22)11-21)13-23-12-16-4-2-9-24-16/h2,4-6,9,14H,3,7-8,10-13H2,1H3. The summed E-state index contributed by atoms with van der Waals surface area (Å²) < 4.78 is 13.4. The summed E-state index contributed by atoms with van der Waals surface area (Å²) in [6.07, 6.45) is 4.78. The van der Waals surface area contributed by atoms with Gasteiger partial charge in [-0.1, -0.05) is 0 Å². The number of nitrogens with zero attached hydrogens (tertiary/aromatic N) is 3. The molecule has 0 amide bonds. The summed E-state index contributed by atoms with van der Waals surface area (Å²) in [5.74, 6) is 0.847. The molecule has 25 heavy (non-hydrogen) atoms. The molecule has 0 saturated carbocycles. The number of aryl methyl sites for hydroxylation is 2. The number of rotatable bonds is 6. The molecule has 0 aromatic carbocycles. The molecular formula is C19H23N3O2S. The molecule has 0 aliphatic carbocycles. The van der Waals surface area contributed by atoms with Crippen molar-refractivity contribution in [1.82, 2.24) is 14.5 Å². The van der Waals surface area contributed by atoms with E-state index in [4.69, 9.17) is 9.15 Å². The molecule has 5 nitrogen and oxygen atoms in total. The van der Waals surface area contributed by atoms with Crippen LogP contribution >= 0.6 is 11.3 Å². The van der Waals surface area contributed by atoms with Crippen LogP contribution in [0.15, 0.2) is 41.3 Å². The van der Waals surface area contributed by atoms with E-state index in [0.29, 0.717) is 13.2 Å². The SMILES string of the molecule is Cc1ccc(CN2CCCn3cnc(COCc4ccco4)c3C2)s1. The van der Waals surface area contributed by atoms with Gasteiger partial charge in [-0.25, -0.2) is 4.98 Å². The van der Waals surface area contributed by atoms with Gasteiger partial charge in [0.2, 0.25) is 0 Å². The van der Waals surface area contributed by atoms with E-state index in [9.17, 15) is 0 Å². The van der Waals surface area contributed by atoms with Gasteiger partial charge < -0.3 is 13.7 Å². The summed E-state index contributed by atoms with van der Waals surface area (Å²) in [7, 11) is 0. The minimum absolute atomic E-state index is 0.484. The first-order valence-electron chi connectivity index (χ1n) is 8.68. The number of furan rings is 1. The van der Waals surface area contributed by atoms with Gasteiger partial charge in [0.05, 0.1) is 30.6 Å². The minimum Gasteiger partial charge on any atom is -0.467 e. The first-order chi connectivity index (χ1) is 12.3. The second kappa shape index (κ2) is 7.56. The maximum Gasteiger partial charge on any atom is 0.129 e. The van der Waals surface area contributed by atoms with Crippen molar-refractivity contribution in [2.75, 3.05) is 6.54 Å². The molecule has 0 unspecified atom stereocenters. The van der Waals surface area contributed by atoms with E-state index in [1.165, 1.54) is 15.4 Å². The molecule has 3 aromatic rings. The average molecular weight is 357 g/mol. The summed E-state index contributed by atoms with van der Waals surface area (Å²) in [5, 5.41) is 0. The van der Waals surface area contributed by atoms with Crippen molar-refractivity contribution in [3.05, 3.63) is 63.8 Å². The monoisotopic (exact) mass is 357 g/mol. The van der Waals surface area contributed by atoms with Gasteiger partial charge in [-0.05, 0) is 37.6 Å². The van der Waals surface area contributed by atoms with Crippen LogP contribution in [0.4, 0.5) is 0 Å². The van der Waals surface area contributed by atoms with Crippen LogP contribution in [-0.2, 0) is 37.6 Å². The molecule has 132 valence electrons. The Balaban J connectivity index is 1.41. The summed E-state index contributed by atoms with van der Waals surface area (Å²) in [6.45, 7) is 7.26. The third-order valence-corrected chi connectivity index (χ3v) is 5.50. The summed E-state index contributed by atoms with van der Waals surface area (Å²) in [5.41, 5.74) is 2.33. The Morgan fingerprint density at radius 3 is 3.00 bits per heavy atom. The van der Waals surface area contributed by atoms with E-state index in [1.807, 2.05) is 29.8 Å². The van der Waals surface area contributed by atoms with Crippen molar-refractivity contribution in [2.45, 2.75) is 46.2 Å². The van der Waals surface area contributed by atoms with E-state index in [2.05, 4.69) is 33.5 Å². The molecule has 1 aliphatic heterocycles. The largest absolute Gasteiger partial charge is 0.467 e. The van der Waals surface area contributed by atoms with E-state index in [1.54, 1.807) is 6.26 Å². The highest BCUT2D eigenvalue weighted by atomic mass is 32.1. The second-order valence-corrected chi connectivity index (χ2v) is 7.85. The van der Waals surface area contributed by atoms with E-state index < -0.39 is 0 Å². The predicted molar refractivity (Wildman–Crippen MR) is 97.2 cm³/mol. The summed E-state index contributed by atoms with van der Waals surface area (Å²) in [4.78, 5) is 9.91. The van der Waals surface area contributed by atoms with Crippen LogP contribution in [0.25, 0.3) is 0 Å². The number of hydrogen-bond acceptors (Lipinski definition) is 5. The number of fused-ring (bicyclic) bond motifs is 1. The van der Waals surface area contributed by atoms with Crippen molar-refractivity contribution in [2.24, 2.45) is 0 Å². The topological polar surface area (TPSA) is 43.4 Å². The molecule has 3 aromatic heterocycles. The Kier molecular flexibility index (Phi) is 5.01. The number of ether oxygens (including phenoxy) is 1. The summed E-state index contributed by atoms with van der Waals surface area (Å²) >= 11 is 1.89. The maximum absolute atomic E-state index is 5.80. The van der Waals surface area contributed by atoms with Crippen molar-refractivity contribution >= 4 is 11.3 Å². The minimum atomic E-state index is 0.484. The third-order valence-electron chi connectivity index (χ3n) is 4.52. The molecule has 6 heteroatoms. The zero-order valence-electron chi connectivity index (χ0n) is 14.5. The third kappa shape index (κ3) is 4.03. The van der Waals surface area contributed by atoms with E-state index in [-0.39, 0.29) is 0 Å². The molecule has 4 rings (SSSR count). The number of thiophene rings is 1. The van der Waals surface area contributed by atoms with Gasteiger partial charge in [-0.15, -0.1) is 11.3 Å². The Morgan fingerprint density at radius 1 is 1.24 bits per heavy atom. The van der Waals surface area contributed by atoms with Crippen LogP contribution in [0.1, 0.15) is 33.3 Å². The van der Waals surface area contributed by atoms with Gasteiger partial charge in [-0.3, -0.25) is 4.90 Å². The molecule has 0 spiro atoms. The highest BCUT2D eigenvalue weighted by molar-refractivity contribution is 7.11. The lowest BCUT2D eigenvalue weighted by atomic mass is 10.3. The van der Waals surface area contributed by atoms with Crippen LogP contribution in [0, 0.1) is 6.92 Å². The lowest BCUT2D eigenvalue weighted by Crippen LogP contribution is -2.23. The van der Waals surface area contributed by atoms with Crippen molar-refractivity contribution in [3.63, 3.8) is 0 Å². The zero-order chi connectivity index (χ0) is 17.1. The van der Waals surface area contributed by atoms with Gasteiger partial charge in [0.15, 0.2) is 0 Å². The van der Waals surface area contributed by atoms with Crippen molar-refractivity contribution in [3.8, 4) is 0 Å². The van der Waals surface area contributed by atoms with Crippen molar-refractivity contribution < 1.29 is 9.15 Å². The Labute approximate surface area is 151 Å². The Bertz CT molecular complexity index is 807. The van der Waals surface area contributed by atoms with Crippen LogP contribution in [0.3, 0.4) is 0 Å². The van der Waals surface area contributed by atoms with Gasteiger partial charge in [0.1, 0.15) is 12.4 Å². The first kappa shape index (κ1) is 16.6. The average Bonchev–Trinajstić information content (AvgIpc) is 3.30. The lowest BCUT2D eigenvalue weighted by Gasteiger charge is -2.19. The second-order valence-electron chi connectivity index (χ2n) is 6.48. The van der Waals surface area contributed by atoms with Crippen LogP contribution in [0.2, 0.25) is 0 Å². The van der Waals surface area contributed by atoms with Gasteiger partial charge in [0, 0.05) is 35.9 Å². The highest BCUT2D eigenvalue weighted by Gasteiger charge is 2.19. The molecule has 0 saturated heterocycles. The summed E-state index contributed by atoms with van der Waals surface area (Å²) in [6, 6.07) is 8.26. The molecule has 0 radical (unpaired) electrons. The first-order valence-corrected chi connectivity index (χ1v) is 9.50. The fourth-order valence-electron chi connectivity index (χ4n) is 3.27. The molecule has 0 N–H and O–H groups in total. The molecule has 0 atom stereocenters. The fourth-order valence-corrected chi connectivity index (χ4v) is 4.20. The number of hydrogen-bond donors (Lipinski definition) is 0. The van der Waals surface area contributed by atoms with E-state index in [0.717, 1.165) is 44.1 Å². The van der Waals surface area contributed by atoms with E-state index >= 15 is 0 Å². The highest BCUT2D eigenvalue weighted by Crippen LogP contribution is 2.22. The maximum atomic E-state index is 5.80.